The quantitative estimate of drug-likeness (QED) is 0.163. The summed E-state index contributed by atoms with van der Waals surface area (Å²) in [6.07, 6.45) is 8.00. The smallest absolute Gasteiger partial charge is 0.135 e. The van der Waals surface area contributed by atoms with Crippen molar-refractivity contribution in [2.24, 2.45) is 5.92 Å². The normalized spacial score (nSPS) is 14.1. The molecule has 10 aromatic rings. The van der Waals surface area contributed by atoms with Crippen LogP contribution in [-0.2, 0) is 0 Å². The van der Waals surface area contributed by atoms with Gasteiger partial charge in [-0.3, -0.25) is 0 Å². The Labute approximate surface area is 337 Å². The lowest BCUT2D eigenvalue weighted by atomic mass is 9.93. The molecule has 0 radical (unpaired) electrons. The number of hydrogen-bond donors (Lipinski definition) is 0. The molecule has 11 rings (SSSR count). The van der Waals surface area contributed by atoms with Gasteiger partial charge in [0.2, 0.25) is 0 Å². The predicted octanol–water partition coefficient (Wildman–Crippen LogP) is 15.9. The number of hydrogen-bond acceptors (Lipinski definition) is 3. The molecule has 0 aliphatic heterocycles. The van der Waals surface area contributed by atoms with Gasteiger partial charge in [-0.25, -0.2) is 0 Å². The first-order valence-corrected chi connectivity index (χ1v) is 20.0. The predicted molar refractivity (Wildman–Crippen MR) is 243 cm³/mol. The van der Waals surface area contributed by atoms with Gasteiger partial charge < -0.3 is 13.7 Å². The molecule has 3 nitrogen and oxygen atoms in total. The largest absolute Gasteiger partial charge is 0.456 e. The summed E-state index contributed by atoms with van der Waals surface area (Å²) in [5.74, 6) is 0.606. The fourth-order valence-corrected chi connectivity index (χ4v) is 8.46. The molecular weight excluding hydrogens is 707 g/mol. The van der Waals surface area contributed by atoms with E-state index in [1.54, 1.807) is 0 Å². The standard InChI is InChI=1S/C55H39NO2/c1-36-10-12-37(13-11-36)38-14-16-39(17-15-38)40-18-26-45(27-19-40)56(46-28-20-41(21-29-46)43-24-32-54-50(34-43)48-6-2-4-8-52(48)57-54)47-30-22-42(23-31-47)44-25-33-55-51(35-44)49-7-3-5-9-53(49)58-55/h2-10,12-36H,11H2,1H3. The van der Waals surface area contributed by atoms with E-state index in [-0.39, 0.29) is 0 Å². The third-order valence-corrected chi connectivity index (χ3v) is 11.7. The van der Waals surface area contributed by atoms with Gasteiger partial charge in [0.1, 0.15) is 22.3 Å². The number of allylic oxidation sites excluding steroid dienone is 4. The Balaban J connectivity index is 0.938. The Kier molecular flexibility index (Phi) is 8.18. The molecule has 0 saturated heterocycles. The van der Waals surface area contributed by atoms with E-state index in [9.17, 15) is 0 Å². The van der Waals surface area contributed by atoms with E-state index in [1.165, 1.54) is 22.3 Å². The van der Waals surface area contributed by atoms with E-state index in [4.69, 9.17) is 8.83 Å². The second-order valence-electron chi connectivity index (χ2n) is 15.4. The summed E-state index contributed by atoms with van der Waals surface area (Å²) in [6, 6.07) is 65.1. The van der Waals surface area contributed by atoms with Crippen LogP contribution in [0.5, 0.6) is 0 Å². The van der Waals surface area contributed by atoms with Crippen molar-refractivity contribution >= 4 is 66.5 Å². The lowest BCUT2D eigenvalue weighted by Gasteiger charge is -2.26. The topological polar surface area (TPSA) is 29.5 Å². The van der Waals surface area contributed by atoms with E-state index in [1.807, 2.05) is 24.3 Å². The molecule has 0 saturated carbocycles. The van der Waals surface area contributed by atoms with Gasteiger partial charge >= 0.3 is 0 Å². The molecule has 0 N–H and O–H groups in total. The van der Waals surface area contributed by atoms with Crippen LogP contribution in [0.4, 0.5) is 17.1 Å². The van der Waals surface area contributed by atoms with Crippen LogP contribution in [-0.4, -0.2) is 0 Å². The number of nitrogens with zero attached hydrogens (tertiary/aromatic N) is 1. The molecule has 1 aliphatic rings. The SMILES string of the molecule is CC1C=CC(c2ccc(-c3ccc(N(c4ccc(-c5ccc6oc7ccccc7c6c5)cc4)c4ccc(-c5ccc6oc7ccccc7c6c5)cc4)cc3)cc2)=CC1. The molecule has 1 atom stereocenters. The molecule has 0 fully saturated rings. The third kappa shape index (κ3) is 6.09. The minimum absolute atomic E-state index is 0.606. The van der Waals surface area contributed by atoms with E-state index in [0.29, 0.717) is 5.92 Å². The Bertz CT molecular complexity index is 3020. The van der Waals surface area contributed by atoms with Gasteiger partial charge in [-0.15, -0.1) is 0 Å². The number of furan rings is 2. The van der Waals surface area contributed by atoms with Crippen LogP contribution in [0.3, 0.4) is 0 Å². The van der Waals surface area contributed by atoms with Crippen molar-refractivity contribution in [1.82, 2.24) is 0 Å². The van der Waals surface area contributed by atoms with Gasteiger partial charge in [0, 0.05) is 38.6 Å². The fourth-order valence-electron chi connectivity index (χ4n) is 8.46. The molecule has 8 aromatic carbocycles. The highest BCUT2D eigenvalue weighted by atomic mass is 16.3. The molecule has 0 bridgehead atoms. The lowest BCUT2D eigenvalue weighted by Crippen LogP contribution is -2.09. The highest BCUT2D eigenvalue weighted by Crippen LogP contribution is 2.40. The first-order chi connectivity index (χ1) is 28.6. The van der Waals surface area contributed by atoms with E-state index in [2.05, 4.69) is 188 Å². The summed E-state index contributed by atoms with van der Waals surface area (Å²) in [5.41, 5.74) is 16.5. The second kappa shape index (κ2) is 14.0. The summed E-state index contributed by atoms with van der Waals surface area (Å²) in [6.45, 7) is 2.26. The van der Waals surface area contributed by atoms with Crippen molar-refractivity contribution in [1.29, 1.82) is 0 Å². The zero-order valence-electron chi connectivity index (χ0n) is 32.1. The number of rotatable bonds is 7. The number of para-hydroxylation sites is 2. The van der Waals surface area contributed by atoms with Crippen molar-refractivity contribution in [2.45, 2.75) is 13.3 Å². The summed E-state index contributed by atoms with van der Waals surface area (Å²) < 4.78 is 12.2. The van der Waals surface area contributed by atoms with Gasteiger partial charge in [-0.05, 0) is 130 Å². The van der Waals surface area contributed by atoms with Crippen molar-refractivity contribution in [3.63, 3.8) is 0 Å². The van der Waals surface area contributed by atoms with Crippen LogP contribution in [0.25, 0.3) is 82.8 Å². The third-order valence-electron chi connectivity index (χ3n) is 11.7. The minimum atomic E-state index is 0.606. The molecule has 1 unspecified atom stereocenters. The minimum Gasteiger partial charge on any atom is -0.456 e. The molecule has 276 valence electrons. The maximum absolute atomic E-state index is 6.12. The molecular formula is C55H39NO2. The molecule has 0 amide bonds. The second-order valence-corrected chi connectivity index (χ2v) is 15.4. The first kappa shape index (κ1) is 33.9. The van der Waals surface area contributed by atoms with Crippen molar-refractivity contribution < 1.29 is 8.83 Å². The molecule has 3 heteroatoms. The average Bonchev–Trinajstić information content (AvgIpc) is 3.85. The van der Waals surface area contributed by atoms with Gasteiger partial charge in [-0.1, -0.05) is 134 Å². The number of anilines is 3. The van der Waals surface area contributed by atoms with Crippen LogP contribution < -0.4 is 4.90 Å². The molecule has 2 heterocycles. The van der Waals surface area contributed by atoms with E-state index < -0.39 is 0 Å². The average molecular weight is 746 g/mol. The van der Waals surface area contributed by atoms with Crippen molar-refractivity contribution in [3.8, 4) is 33.4 Å². The monoisotopic (exact) mass is 745 g/mol. The van der Waals surface area contributed by atoms with Gasteiger partial charge in [-0.2, -0.15) is 0 Å². The Morgan fingerprint density at radius 2 is 0.776 bits per heavy atom. The Hall–Kier alpha value is -7.36. The first-order valence-electron chi connectivity index (χ1n) is 20.0. The van der Waals surface area contributed by atoms with Crippen LogP contribution >= 0.6 is 0 Å². The summed E-state index contributed by atoms with van der Waals surface area (Å²) >= 11 is 0. The van der Waals surface area contributed by atoms with Crippen molar-refractivity contribution in [3.05, 3.63) is 206 Å². The van der Waals surface area contributed by atoms with Gasteiger partial charge in [0.25, 0.3) is 0 Å². The van der Waals surface area contributed by atoms with Crippen LogP contribution in [0, 0.1) is 5.92 Å². The van der Waals surface area contributed by atoms with Gasteiger partial charge in [0.05, 0.1) is 0 Å². The zero-order valence-corrected chi connectivity index (χ0v) is 32.1. The Morgan fingerprint density at radius 3 is 1.22 bits per heavy atom. The molecule has 1 aliphatic carbocycles. The Morgan fingerprint density at radius 1 is 0.397 bits per heavy atom. The summed E-state index contributed by atoms with van der Waals surface area (Å²) in [7, 11) is 0. The van der Waals surface area contributed by atoms with Crippen LogP contribution in [0.1, 0.15) is 18.9 Å². The summed E-state index contributed by atoms with van der Waals surface area (Å²) in [5, 5.41) is 4.53. The number of fused-ring (bicyclic) bond motifs is 6. The van der Waals surface area contributed by atoms with Crippen LogP contribution in [0.15, 0.2) is 209 Å². The molecule has 58 heavy (non-hydrogen) atoms. The van der Waals surface area contributed by atoms with Crippen LogP contribution in [0.2, 0.25) is 0 Å². The van der Waals surface area contributed by atoms with E-state index in [0.717, 1.165) is 89.6 Å². The molecule has 0 spiro atoms. The lowest BCUT2D eigenvalue weighted by molar-refractivity contribution is 0.668. The molecule has 2 aromatic heterocycles. The highest BCUT2D eigenvalue weighted by Gasteiger charge is 2.16. The number of benzene rings is 8. The summed E-state index contributed by atoms with van der Waals surface area (Å²) in [4.78, 5) is 2.34. The van der Waals surface area contributed by atoms with Crippen molar-refractivity contribution in [2.75, 3.05) is 4.90 Å². The maximum Gasteiger partial charge on any atom is 0.135 e. The fraction of sp³-hybridized carbons (Fsp3) is 0.0545. The maximum atomic E-state index is 6.12. The van der Waals surface area contributed by atoms with Gasteiger partial charge in [0.15, 0.2) is 0 Å². The van der Waals surface area contributed by atoms with E-state index >= 15 is 0 Å². The highest BCUT2D eigenvalue weighted by molar-refractivity contribution is 6.07. The zero-order chi connectivity index (χ0) is 38.6.